The van der Waals surface area contributed by atoms with Gasteiger partial charge in [0.15, 0.2) is 0 Å². The molecule has 0 amide bonds. The van der Waals surface area contributed by atoms with E-state index >= 15 is 0 Å². The molecule has 0 aromatic carbocycles. The molecule has 1 heterocycles. The van der Waals surface area contributed by atoms with E-state index in [-0.39, 0.29) is 11.6 Å². The molecule has 1 rings (SSSR count). The van der Waals surface area contributed by atoms with Crippen molar-refractivity contribution in [3.8, 4) is 0 Å². The second-order valence-corrected chi connectivity index (χ2v) is 4.19. The average Bonchev–Trinajstić information content (AvgIpc) is 2.28. The largest absolute Gasteiger partial charge is 0.478 e. The van der Waals surface area contributed by atoms with Crippen LogP contribution in [0.1, 0.15) is 49.2 Å². The van der Waals surface area contributed by atoms with Crippen LogP contribution in [0.2, 0.25) is 0 Å². The normalized spacial score (nSPS) is 12.2. The molecule has 1 aromatic heterocycles. The van der Waals surface area contributed by atoms with E-state index in [9.17, 15) is 4.79 Å². The van der Waals surface area contributed by atoms with Gasteiger partial charge in [-0.15, -0.1) is 0 Å². The number of carboxylic acids is 1. The molecule has 0 bridgehead atoms. The Balaban J connectivity index is 2.94. The number of hydrogen-bond donors (Lipinski definition) is 2. The summed E-state index contributed by atoms with van der Waals surface area (Å²) in [5.41, 5.74) is 1.06. The van der Waals surface area contributed by atoms with Crippen LogP contribution in [0.5, 0.6) is 0 Å². The van der Waals surface area contributed by atoms with Crippen LogP contribution in [0.4, 0.5) is 5.82 Å². The number of rotatable bonds is 6. The van der Waals surface area contributed by atoms with Crippen molar-refractivity contribution in [2.24, 2.45) is 0 Å². The van der Waals surface area contributed by atoms with Gasteiger partial charge in [0.25, 0.3) is 0 Å². The maximum Gasteiger partial charge on any atom is 0.339 e. The Morgan fingerprint density at radius 2 is 2.18 bits per heavy atom. The fraction of sp³-hybridized carbons (Fsp3) is 0.538. The van der Waals surface area contributed by atoms with E-state index < -0.39 is 5.97 Å². The lowest BCUT2D eigenvalue weighted by Crippen LogP contribution is -2.21. The SMILES string of the molecule is CCCC(CC)Nc1nc(C)ccc1C(=O)O. The molecule has 2 N–H and O–H groups in total. The van der Waals surface area contributed by atoms with Gasteiger partial charge in [0.2, 0.25) is 0 Å². The fourth-order valence-electron chi connectivity index (χ4n) is 1.76. The van der Waals surface area contributed by atoms with Crippen LogP contribution in [-0.4, -0.2) is 22.1 Å². The molecule has 0 fully saturated rings. The fourth-order valence-corrected chi connectivity index (χ4v) is 1.76. The predicted molar refractivity (Wildman–Crippen MR) is 68.5 cm³/mol. The van der Waals surface area contributed by atoms with Crippen LogP contribution in [0.15, 0.2) is 12.1 Å². The van der Waals surface area contributed by atoms with E-state index in [1.165, 1.54) is 0 Å². The van der Waals surface area contributed by atoms with Gasteiger partial charge < -0.3 is 10.4 Å². The summed E-state index contributed by atoms with van der Waals surface area (Å²) in [6, 6.07) is 3.61. The molecular formula is C13H20N2O2. The Morgan fingerprint density at radius 1 is 1.47 bits per heavy atom. The highest BCUT2D eigenvalue weighted by Gasteiger charge is 2.14. The van der Waals surface area contributed by atoms with Gasteiger partial charge in [0.05, 0.1) is 0 Å². The first kappa shape index (κ1) is 13.5. The van der Waals surface area contributed by atoms with Crippen LogP contribution >= 0.6 is 0 Å². The first-order valence-corrected chi connectivity index (χ1v) is 6.06. The zero-order valence-corrected chi connectivity index (χ0v) is 10.7. The van der Waals surface area contributed by atoms with Crippen LogP contribution in [0, 0.1) is 6.92 Å². The number of anilines is 1. The van der Waals surface area contributed by atoms with Gasteiger partial charge in [-0.25, -0.2) is 9.78 Å². The summed E-state index contributed by atoms with van der Waals surface area (Å²) in [7, 11) is 0. The summed E-state index contributed by atoms with van der Waals surface area (Å²) in [6.45, 7) is 6.06. The summed E-state index contributed by atoms with van der Waals surface area (Å²) < 4.78 is 0. The number of carboxylic acid groups (broad SMARTS) is 1. The first-order valence-electron chi connectivity index (χ1n) is 6.06. The highest BCUT2D eigenvalue weighted by molar-refractivity contribution is 5.93. The van der Waals surface area contributed by atoms with Gasteiger partial charge in [-0.3, -0.25) is 0 Å². The maximum absolute atomic E-state index is 11.1. The summed E-state index contributed by atoms with van der Waals surface area (Å²) in [5, 5.41) is 12.3. The molecule has 0 saturated carbocycles. The molecule has 4 nitrogen and oxygen atoms in total. The molecule has 0 aliphatic rings. The molecule has 1 aromatic rings. The van der Waals surface area contributed by atoms with Crippen molar-refractivity contribution in [1.82, 2.24) is 4.98 Å². The molecule has 17 heavy (non-hydrogen) atoms. The quantitative estimate of drug-likeness (QED) is 0.796. The van der Waals surface area contributed by atoms with Gasteiger partial charge in [-0.05, 0) is 31.9 Å². The molecule has 94 valence electrons. The third-order valence-electron chi connectivity index (χ3n) is 2.74. The molecule has 4 heteroatoms. The van der Waals surface area contributed by atoms with Crippen molar-refractivity contribution < 1.29 is 9.90 Å². The lowest BCUT2D eigenvalue weighted by atomic mass is 10.1. The molecule has 1 atom stereocenters. The number of nitrogens with one attached hydrogen (secondary N) is 1. The molecular weight excluding hydrogens is 216 g/mol. The minimum atomic E-state index is -0.939. The van der Waals surface area contributed by atoms with Crippen molar-refractivity contribution in [3.05, 3.63) is 23.4 Å². The summed E-state index contributed by atoms with van der Waals surface area (Å²) in [5.74, 6) is -0.454. The number of carbonyl (C=O) groups is 1. The molecule has 0 aliphatic carbocycles. The van der Waals surface area contributed by atoms with Gasteiger partial charge in [0, 0.05) is 11.7 Å². The van der Waals surface area contributed by atoms with Crippen LogP contribution < -0.4 is 5.32 Å². The summed E-state index contributed by atoms with van der Waals surface area (Å²) >= 11 is 0. The lowest BCUT2D eigenvalue weighted by molar-refractivity contribution is 0.0697. The highest BCUT2D eigenvalue weighted by Crippen LogP contribution is 2.17. The minimum absolute atomic E-state index is 0.241. The average molecular weight is 236 g/mol. The number of aromatic nitrogens is 1. The van der Waals surface area contributed by atoms with Crippen LogP contribution in [0.25, 0.3) is 0 Å². The van der Waals surface area contributed by atoms with Crippen LogP contribution in [-0.2, 0) is 0 Å². The van der Waals surface area contributed by atoms with Crippen molar-refractivity contribution >= 4 is 11.8 Å². The third kappa shape index (κ3) is 3.73. The smallest absolute Gasteiger partial charge is 0.339 e. The molecule has 0 spiro atoms. The Hall–Kier alpha value is -1.58. The van der Waals surface area contributed by atoms with E-state index in [1.807, 2.05) is 6.92 Å². The van der Waals surface area contributed by atoms with Crippen molar-refractivity contribution in [1.29, 1.82) is 0 Å². The summed E-state index contributed by atoms with van der Waals surface area (Å²) in [4.78, 5) is 15.4. The monoisotopic (exact) mass is 236 g/mol. The third-order valence-corrected chi connectivity index (χ3v) is 2.74. The number of nitrogens with zero attached hydrogens (tertiary/aromatic N) is 1. The zero-order valence-electron chi connectivity index (χ0n) is 10.7. The maximum atomic E-state index is 11.1. The standard InChI is InChI=1S/C13H20N2O2/c1-4-6-10(5-2)15-12-11(13(16)17)8-7-9(3)14-12/h7-8,10H,4-6H2,1-3H3,(H,14,15)(H,16,17). The van der Waals surface area contributed by atoms with Gasteiger partial charge >= 0.3 is 5.97 Å². The number of hydrogen-bond acceptors (Lipinski definition) is 3. The van der Waals surface area contributed by atoms with E-state index in [0.29, 0.717) is 5.82 Å². The number of pyridine rings is 1. The van der Waals surface area contributed by atoms with Gasteiger partial charge in [-0.1, -0.05) is 20.3 Å². The Kier molecular flexibility index (Phi) is 4.94. The Labute approximate surface area is 102 Å². The lowest BCUT2D eigenvalue weighted by Gasteiger charge is -2.18. The molecule has 0 radical (unpaired) electrons. The molecule has 1 unspecified atom stereocenters. The van der Waals surface area contributed by atoms with E-state index in [1.54, 1.807) is 12.1 Å². The Bertz CT molecular complexity index is 391. The van der Waals surface area contributed by atoms with E-state index in [0.717, 1.165) is 25.0 Å². The Morgan fingerprint density at radius 3 is 2.71 bits per heavy atom. The molecule has 0 aliphatic heterocycles. The highest BCUT2D eigenvalue weighted by atomic mass is 16.4. The zero-order chi connectivity index (χ0) is 12.8. The van der Waals surface area contributed by atoms with Crippen molar-refractivity contribution in [2.75, 3.05) is 5.32 Å². The summed E-state index contributed by atoms with van der Waals surface area (Å²) in [6.07, 6.45) is 3.05. The number of aromatic carboxylic acids is 1. The van der Waals surface area contributed by atoms with E-state index in [4.69, 9.17) is 5.11 Å². The van der Waals surface area contributed by atoms with Crippen molar-refractivity contribution in [2.45, 2.75) is 46.1 Å². The van der Waals surface area contributed by atoms with Gasteiger partial charge in [-0.2, -0.15) is 0 Å². The molecule has 0 saturated heterocycles. The van der Waals surface area contributed by atoms with Crippen molar-refractivity contribution in [3.63, 3.8) is 0 Å². The second-order valence-electron chi connectivity index (χ2n) is 4.19. The minimum Gasteiger partial charge on any atom is -0.478 e. The second kappa shape index (κ2) is 6.23. The predicted octanol–water partition coefficient (Wildman–Crippen LogP) is 3.08. The van der Waals surface area contributed by atoms with E-state index in [2.05, 4.69) is 24.1 Å². The van der Waals surface area contributed by atoms with Crippen LogP contribution in [0.3, 0.4) is 0 Å². The van der Waals surface area contributed by atoms with Gasteiger partial charge in [0.1, 0.15) is 11.4 Å². The topological polar surface area (TPSA) is 62.2 Å². The first-order chi connectivity index (χ1) is 8.08. The number of aryl methyl sites for hydroxylation is 1.